The Morgan fingerprint density at radius 1 is 0.982 bits per heavy atom. The van der Waals surface area contributed by atoms with Gasteiger partial charge in [-0.2, -0.15) is 0 Å². The molecule has 15 heteroatoms. The molecule has 1 amide bonds. The van der Waals surface area contributed by atoms with Gasteiger partial charge in [0.2, 0.25) is 0 Å². The van der Waals surface area contributed by atoms with E-state index < -0.39 is 107 Å². The third kappa shape index (κ3) is 7.10. The van der Waals surface area contributed by atoms with Crippen molar-refractivity contribution in [1.82, 2.24) is 5.32 Å². The monoisotopic (exact) mass is 809 g/mol. The molecule has 1 aliphatic heterocycles. The van der Waals surface area contributed by atoms with Crippen LogP contribution in [0.2, 0.25) is 0 Å². The third-order valence-electron chi connectivity index (χ3n) is 12.6. The number of ketones is 1. The predicted octanol–water partition coefficient (Wildman–Crippen LogP) is 3.22. The summed E-state index contributed by atoms with van der Waals surface area (Å²) in [4.78, 5) is 68.5. The number of aliphatic hydroxyl groups excluding tert-OH is 2. The number of benzene rings is 2. The van der Waals surface area contributed by atoms with Crippen LogP contribution in [-0.2, 0) is 42.9 Å². The lowest BCUT2D eigenvalue weighted by Gasteiger charge is -2.67. The molecule has 2 aromatic rings. The number of fused-ring (bicyclic) bond motifs is 5. The van der Waals surface area contributed by atoms with E-state index in [-0.39, 0.29) is 35.7 Å². The van der Waals surface area contributed by atoms with Gasteiger partial charge in [0.1, 0.15) is 17.8 Å². The second kappa shape index (κ2) is 15.9. The topological polar surface area (TPSA) is 204 Å². The lowest BCUT2D eigenvalue weighted by atomic mass is 9.44. The van der Waals surface area contributed by atoms with Crippen molar-refractivity contribution < 1.29 is 63.0 Å². The van der Waals surface area contributed by atoms with Crippen molar-refractivity contribution in [2.24, 2.45) is 16.7 Å². The molecule has 0 radical (unpaired) electrons. The predicted molar refractivity (Wildman–Crippen MR) is 205 cm³/mol. The maximum atomic E-state index is 15.4. The molecular formula is C42H51NO13S. The minimum Gasteiger partial charge on any atom is -0.456 e. The Balaban J connectivity index is 1.46. The third-order valence-corrected chi connectivity index (χ3v) is 13.0. The summed E-state index contributed by atoms with van der Waals surface area (Å²) in [5, 5.41) is 40.3. The average Bonchev–Trinajstić information content (AvgIpc) is 3.16. The quantitative estimate of drug-likeness (QED) is 0.112. The fourth-order valence-electron chi connectivity index (χ4n) is 9.67. The van der Waals surface area contributed by atoms with Gasteiger partial charge in [0.15, 0.2) is 23.6 Å². The lowest BCUT2D eigenvalue weighted by molar-refractivity contribution is -0.348. The van der Waals surface area contributed by atoms with Crippen LogP contribution in [0.1, 0.15) is 76.3 Å². The van der Waals surface area contributed by atoms with E-state index in [1.807, 2.05) is 6.26 Å². The Labute approximate surface area is 335 Å². The smallest absolute Gasteiger partial charge is 0.338 e. The molecule has 0 aromatic heterocycles. The van der Waals surface area contributed by atoms with Gasteiger partial charge in [-0.05, 0) is 48.9 Å². The molecule has 1 saturated heterocycles. The van der Waals surface area contributed by atoms with Crippen LogP contribution >= 0.6 is 11.8 Å². The van der Waals surface area contributed by atoms with E-state index in [1.165, 1.54) is 18.7 Å². The van der Waals surface area contributed by atoms with E-state index in [1.54, 1.807) is 88.4 Å². The highest BCUT2D eigenvalue weighted by Gasteiger charge is 2.77. The Morgan fingerprint density at radius 3 is 2.18 bits per heavy atom. The number of rotatable bonds is 11. The largest absolute Gasteiger partial charge is 0.456 e. The Morgan fingerprint density at radius 2 is 1.61 bits per heavy atom. The van der Waals surface area contributed by atoms with E-state index in [0.29, 0.717) is 5.56 Å². The Bertz CT molecular complexity index is 1920. The van der Waals surface area contributed by atoms with Crippen LogP contribution in [-0.4, -0.2) is 112 Å². The highest BCUT2D eigenvalue weighted by Crippen LogP contribution is 2.64. The zero-order valence-corrected chi connectivity index (χ0v) is 33.9. The molecule has 2 bridgehead atoms. The van der Waals surface area contributed by atoms with Gasteiger partial charge in [-0.15, -0.1) is 11.8 Å². The number of ether oxygens (including phenoxy) is 5. The fourth-order valence-corrected chi connectivity index (χ4v) is 9.97. The molecule has 0 spiro atoms. The number of carbonyl (C=O) groups is 5. The second-order valence-electron chi connectivity index (χ2n) is 16.2. The minimum absolute atomic E-state index is 0.0907. The molecule has 6 rings (SSSR count). The summed E-state index contributed by atoms with van der Waals surface area (Å²) in [6.07, 6.45) is -7.22. The van der Waals surface area contributed by atoms with Gasteiger partial charge in [-0.1, -0.05) is 62.4 Å². The number of amides is 1. The summed E-state index contributed by atoms with van der Waals surface area (Å²) in [5.74, 6) is -5.16. The molecular weight excluding hydrogens is 759 g/mol. The first-order valence-electron chi connectivity index (χ1n) is 18.9. The molecule has 4 aliphatic rings. The minimum atomic E-state index is -2.27. The summed E-state index contributed by atoms with van der Waals surface area (Å²) in [5.41, 5.74) is -6.12. The molecule has 3 aliphatic carbocycles. The highest BCUT2D eigenvalue weighted by atomic mass is 32.2. The van der Waals surface area contributed by atoms with E-state index >= 15 is 4.79 Å². The van der Waals surface area contributed by atoms with Crippen LogP contribution in [0.4, 0.5) is 0 Å². The molecule has 1 heterocycles. The number of carbonyl (C=O) groups excluding carboxylic acids is 5. The van der Waals surface area contributed by atoms with Gasteiger partial charge in [-0.3, -0.25) is 19.2 Å². The maximum Gasteiger partial charge on any atom is 0.338 e. The molecule has 308 valence electrons. The van der Waals surface area contributed by atoms with Gasteiger partial charge < -0.3 is 44.3 Å². The number of Topliss-reactive ketones (excluding diaryl/α,β-unsaturated/α-hetero) is 1. The van der Waals surface area contributed by atoms with Gasteiger partial charge in [0.25, 0.3) is 5.91 Å². The molecule has 0 unspecified atom stereocenters. The van der Waals surface area contributed by atoms with Crippen molar-refractivity contribution in [3.8, 4) is 0 Å². The van der Waals surface area contributed by atoms with Crippen molar-refractivity contribution in [3.63, 3.8) is 0 Å². The number of hydrogen-bond donors (Lipinski definition) is 4. The van der Waals surface area contributed by atoms with E-state index in [2.05, 4.69) is 5.32 Å². The van der Waals surface area contributed by atoms with E-state index in [9.17, 15) is 34.5 Å². The van der Waals surface area contributed by atoms with Crippen molar-refractivity contribution in [3.05, 3.63) is 82.9 Å². The molecule has 3 fully saturated rings. The molecule has 2 aromatic carbocycles. The number of hydrogen-bond acceptors (Lipinski definition) is 14. The van der Waals surface area contributed by atoms with Crippen LogP contribution in [0.5, 0.6) is 0 Å². The summed E-state index contributed by atoms with van der Waals surface area (Å²) in [6, 6.07) is 15.3. The van der Waals surface area contributed by atoms with Crippen LogP contribution < -0.4 is 5.32 Å². The Kier molecular flexibility index (Phi) is 11.9. The van der Waals surface area contributed by atoms with Crippen LogP contribution in [0.15, 0.2) is 71.8 Å². The van der Waals surface area contributed by atoms with Gasteiger partial charge >= 0.3 is 17.9 Å². The highest BCUT2D eigenvalue weighted by molar-refractivity contribution is 7.98. The Hall–Kier alpha value is -4.12. The van der Waals surface area contributed by atoms with Crippen molar-refractivity contribution in [2.75, 3.05) is 18.8 Å². The van der Waals surface area contributed by atoms with Crippen molar-refractivity contribution >= 4 is 41.4 Å². The van der Waals surface area contributed by atoms with Crippen molar-refractivity contribution in [1.29, 1.82) is 0 Å². The zero-order chi connectivity index (χ0) is 41.7. The summed E-state index contributed by atoms with van der Waals surface area (Å²) in [6.45, 7) is 8.47. The number of aliphatic hydroxyl groups is 3. The molecule has 4 N–H and O–H groups in total. The standard InChI is InChI=1S/C42H51NO13S/c1-22-27(55-38(50)32(46)31(25-14-10-8-11-15-25)43-37(49)26-16-12-9-13-17-26)19-42(51)36(48)34-40(6,35(47)33(54-23(2)44)30(22)39(42,4)5)28(53-21-57-7)18-29-41(34,20-52-29)56-24(3)45/h8-17,27-29,31-34,36,46,48,51H,18-21H2,1-7H3,(H,43,49)/t27-,28-,29+,31-,32+,33+,34-,36-,40+,41-,42+/m0/s1. The summed E-state index contributed by atoms with van der Waals surface area (Å²) in [7, 11) is 0. The first-order valence-corrected chi connectivity index (χ1v) is 20.3. The lowest BCUT2D eigenvalue weighted by Crippen LogP contribution is -2.81. The fraction of sp³-hybridized carbons (Fsp3) is 0.548. The first kappa shape index (κ1) is 42.5. The average molecular weight is 810 g/mol. The zero-order valence-electron chi connectivity index (χ0n) is 33.1. The SMILES string of the molecule is CSCO[C@H]1C[C@H]2OC[C@@]2(OC(C)=O)[C@H]2[C@H](O)[C@]3(O)C[C@H](OC(=O)[C@H](O)[C@@H](NC(=O)c4ccccc4)c4ccccc4)C(C)=C([C@@H](OC(C)=O)C(=O)[C@]12C)C3(C)C. The molecule has 11 atom stereocenters. The summed E-state index contributed by atoms with van der Waals surface area (Å²) >= 11 is 1.35. The van der Waals surface area contributed by atoms with Gasteiger partial charge in [0.05, 0.1) is 36.2 Å². The molecule has 14 nitrogen and oxygen atoms in total. The van der Waals surface area contributed by atoms with Crippen LogP contribution in [0.3, 0.4) is 0 Å². The van der Waals surface area contributed by atoms with Crippen molar-refractivity contribution in [2.45, 2.75) is 108 Å². The molecule has 57 heavy (non-hydrogen) atoms. The maximum absolute atomic E-state index is 15.4. The van der Waals surface area contributed by atoms with E-state index in [4.69, 9.17) is 23.7 Å². The number of nitrogens with one attached hydrogen (secondary N) is 1. The second-order valence-corrected chi connectivity index (χ2v) is 17.0. The number of thioether (sulfide) groups is 1. The molecule has 2 saturated carbocycles. The van der Waals surface area contributed by atoms with Crippen LogP contribution in [0.25, 0.3) is 0 Å². The summed E-state index contributed by atoms with van der Waals surface area (Å²) < 4.78 is 30.1. The normalized spacial score (nSPS) is 33.8. The van der Waals surface area contributed by atoms with E-state index in [0.717, 1.165) is 6.92 Å². The van der Waals surface area contributed by atoms with Crippen LogP contribution in [0, 0.1) is 16.7 Å². The van der Waals surface area contributed by atoms with Gasteiger partial charge in [0, 0.05) is 43.6 Å². The number of esters is 3. The first-order chi connectivity index (χ1) is 26.8. The van der Waals surface area contributed by atoms with Gasteiger partial charge in [-0.25, -0.2) is 4.79 Å².